The summed E-state index contributed by atoms with van der Waals surface area (Å²) in [6, 6.07) is 20.8. The van der Waals surface area contributed by atoms with Crippen LogP contribution in [0.3, 0.4) is 0 Å². The Morgan fingerprint density at radius 2 is 1.46 bits per heavy atom. The minimum atomic E-state index is -4.41. The molecule has 182 valence electrons. The zero-order valence-corrected chi connectivity index (χ0v) is 20.3. The highest BCUT2D eigenvalue weighted by atomic mass is 19.4. The van der Waals surface area contributed by atoms with E-state index in [1.54, 1.807) is 0 Å². The first-order chi connectivity index (χ1) is 16.6. The average Bonchev–Trinajstić information content (AvgIpc) is 3.32. The molecule has 0 saturated carbocycles. The van der Waals surface area contributed by atoms with E-state index < -0.39 is 11.7 Å². The molecule has 6 heteroatoms. The first kappa shape index (κ1) is 24.7. The number of para-hydroxylation sites is 1. The summed E-state index contributed by atoms with van der Waals surface area (Å²) in [5.74, 6) is 0.765. The number of nitrogens with zero attached hydrogens (tertiary/aromatic N) is 2. The normalized spacial score (nSPS) is 16.5. The Bertz CT molecular complexity index is 1200. The van der Waals surface area contributed by atoms with Crippen molar-refractivity contribution in [2.45, 2.75) is 51.7 Å². The molecule has 4 rings (SSSR count). The number of benzene rings is 3. The highest BCUT2D eigenvalue weighted by Gasteiger charge is 2.31. The summed E-state index contributed by atoms with van der Waals surface area (Å²) >= 11 is 0. The smallest absolute Gasteiger partial charge is 0.416 e. The molecule has 1 heterocycles. The molecule has 0 fully saturated rings. The summed E-state index contributed by atoms with van der Waals surface area (Å²) in [7, 11) is 0. The molecule has 35 heavy (non-hydrogen) atoms. The number of hydrogen-bond donors (Lipinski definition) is 0. The van der Waals surface area contributed by atoms with Crippen LogP contribution in [0, 0.1) is 0 Å². The van der Waals surface area contributed by atoms with Crippen LogP contribution in [0.5, 0.6) is 0 Å². The first-order valence-electron chi connectivity index (χ1n) is 11.8. The Labute approximate surface area is 204 Å². The fourth-order valence-corrected chi connectivity index (χ4v) is 4.15. The summed E-state index contributed by atoms with van der Waals surface area (Å²) in [5.41, 5.74) is 4.23. The zero-order chi connectivity index (χ0) is 25.2. The van der Waals surface area contributed by atoms with Crippen molar-refractivity contribution in [3.63, 3.8) is 0 Å². The minimum Gasteiger partial charge on any atom is -0.474 e. The summed E-state index contributed by atoms with van der Waals surface area (Å²) in [4.78, 5) is 9.85. The molecule has 0 radical (unpaired) electrons. The lowest BCUT2D eigenvalue weighted by Crippen LogP contribution is -2.17. The van der Waals surface area contributed by atoms with Gasteiger partial charge in [0.15, 0.2) is 0 Å². The van der Waals surface area contributed by atoms with Gasteiger partial charge in [-0.25, -0.2) is 9.98 Å². The van der Waals surface area contributed by atoms with Crippen molar-refractivity contribution >= 4 is 17.3 Å². The van der Waals surface area contributed by atoms with E-state index in [1.807, 2.05) is 48.5 Å². The molecule has 0 saturated heterocycles. The van der Waals surface area contributed by atoms with E-state index in [9.17, 15) is 13.2 Å². The van der Waals surface area contributed by atoms with Crippen LogP contribution < -0.4 is 0 Å². The van der Waals surface area contributed by atoms with Crippen LogP contribution in [-0.2, 0) is 10.9 Å². The monoisotopic (exact) mass is 478 g/mol. The summed E-state index contributed by atoms with van der Waals surface area (Å²) in [5, 5.41) is 0. The first-order valence-corrected chi connectivity index (χ1v) is 11.8. The molecule has 0 bridgehead atoms. The molecule has 0 N–H and O–H groups in total. The van der Waals surface area contributed by atoms with E-state index in [0.717, 1.165) is 34.5 Å². The van der Waals surface area contributed by atoms with E-state index in [0.29, 0.717) is 23.8 Å². The fraction of sp³-hybridized carbons (Fsp3) is 0.310. The molecule has 1 aliphatic heterocycles. The van der Waals surface area contributed by atoms with E-state index in [1.165, 1.54) is 12.1 Å². The lowest BCUT2D eigenvalue weighted by molar-refractivity contribution is -0.137. The lowest BCUT2D eigenvalue weighted by atomic mass is 9.92. The maximum atomic E-state index is 13.2. The van der Waals surface area contributed by atoms with Crippen molar-refractivity contribution in [3.05, 3.63) is 101 Å². The zero-order valence-electron chi connectivity index (χ0n) is 20.3. The molecular weight excluding hydrogens is 449 g/mol. The second-order valence-corrected chi connectivity index (χ2v) is 9.30. The summed E-state index contributed by atoms with van der Waals surface area (Å²) in [6.07, 6.45) is -4.41. The third-order valence-corrected chi connectivity index (χ3v) is 6.09. The van der Waals surface area contributed by atoms with Gasteiger partial charge in [0.2, 0.25) is 5.90 Å². The van der Waals surface area contributed by atoms with Crippen molar-refractivity contribution in [2.75, 3.05) is 6.61 Å². The molecule has 0 aliphatic carbocycles. The largest absolute Gasteiger partial charge is 0.474 e. The third kappa shape index (κ3) is 5.47. The van der Waals surface area contributed by atoms with Crippen LogP contribution in [0.2, 0.25) is 0 Å². The topological polar surface area (TPSA) is 34.0 Å². The molecule has 0 aromatic heterocycles. The second-order valence-electron chi connectivity index (χ2n) is 9.30. The van der Waals surface area contributed by atoms with Crippen molar-refractivity contribution in [1.82, 2.24) is 0 Å². The predicted octanol–water partition coefficient (Wildman–Crippen LogP) is 8.24. The fourth-order valence-electron chi connectivity index (χ4n) is 4.15. The Balaban J connectivity index is 1.88. The van der Waals surface area contributed by atoms with Crippen LogP contribution in [0.4, 0.5) is 18.9 Å². The molecule has 3 aromatic carbocycles. The van der Waals surface area contributed by atoms with Crippen molar-refractivity contribution < 1.29 is 17.9 Å². The third-order valence-electron chi connectivity index (χ3n) is 6.09. The molecule has 3 nitrogen and oxygen atoms in total. The lowest BCUT2D eigenvalue weighted by Gasteiger charge is -2.18. The van der Waals surface area contributed by atoms with Crippen molar-refractivity contribution in [2.24, 2.45) is 9.98 Å². The second kappa shape index (κ2) is 10.1. The molecule has 1 aliphatic rings. The standard InChI is InChI=1S/C29H29F3N2O/c1-18(2)23-11-8-12-24(19(3)4)27(23)34-26(21-13-15-22(16-14-21)29(30,31)32)28-33-25(17-35-28)20-9-6-5-7-10-20/h5-16,18-19,25H,17H2,1-4H3/b34-26+/t25-/m1/s1. The number of rotatable bonds is 6. The van der Waals surface area contributed by atoms with Gasteiger partial charge in [-0.2, -0.15) is 13.2 Å². The number of halogens is 3. The Morgan fingerprint density at radius 1 is 0.857 bits per heavy atom. The van der Waals surface area contributed by atoms with Gasteiger partial charge in [-0.05, 0) is 40.7 Å². The summed E-state index contributed by atoms with van der Waals surface area (Å²) < 4.78 is 45.6. The van der Waals surface area contributed by atoms with E-state index >= 15 is 0 Å². The Hall–Kier alpha value is -3.41. The molecule has 0 unspecified atom stereocenters. The number of alkyl halides is 3. The van der Waals surface area contributed by atoms with Crippen LogP contribution in [0.15, 0.2) is 82.8 Å². The van der Waals surface area contributed by atoms with Crippen LogP contribution in [-0.4, -0.2) is 18.2 Å². The van der Waals surface area contributed by atoms with Gasteiger partial charge < -0.3 is 4.74 Å². The highest BCUT2D eigenvalue weighted by molar-refractivity contribution is 6.46. The highest BCUT2D eigenvalue weighted by Crippen LogP contribution is 2.36. The number of ether oxygens (including phenoxy) is 1. The molecule has 0 amide bonds. The molecule has 0 spiro atoms. The van der Waals surface area contributed by atoms with E-state index in [-0.39, 0.29) is 17.9 Å². The van der Waals surface area contributed by atoms with Crippen LogP contribution in [0.1, 0.15) is 73.4 Å². The quantitative estimate of drug-likeness (QED) is 0.329. The van der Waals surface area contributed by atoms with Crippen molar-refractivity contribution in [3.8, 4) is 0 Å². The predicted molar refractivity (Wildman–Crippen MR) is 135 cm³/mol. The van der Waals surface area contributed by atoms with E-state index in [2.05, 4.69) is 27.7 Å². The van der Waals surface area contributed by atoms with Gasteiger partial charge in [-0.15, -0.1) is 0 Å². The molecule has 3 aromatic rings. The van der Waals surface area contributed by atoms with Crippen molar-refractivity contribution in [1.29, 1.82) is 0 Å². The maximum absolute atomic E-state index is 13.2. The molecular formula is C29H29F3N2O. The van der Waals surface area contributed by atoms with Gasteiger partial charge in [-0.1, -0.05) is 88.4 Å². The van der Waals surface area contributed by atoms with Gasteiger partial charge in [0, 0.05) is 5.56 Å². The number of aliphatic imine (C=N–C) groups is 2. The van der Waals surface area contributed by atoms with Gasteiger partial charge in [-0.3, -0.25) is 0 Å². The Morgan fingerprint density at radius 3 is 2.00 bits per heavy atom. The average molecular weight is 479 g/mol. The van der Waals surface area contributed by atoms with Crippen LogP contribution >= 0.6 is 0 Å². The Kier molecular flexibility index (Phi) is 7.10. The van der Waals surface area contributed by atoms with E-state index in [4.69, 9.17) is 14.7 Å². The molecule has 1 atom stereocenters. The summed E-state index contributed by atoms with van der Waals surface area (Å²) in [6.45, 7) is 8.76. The SMILES string of the molecule is CC(C)c1cccc(C(C)C)c1/N=C(/C1=N[C@@H](c2ccccc2)CO1)c1ccc(C(F)(F)F)cc1. The van der Waals surface area contributed by atoms with Crippen LogP contribution in [0.25, 0.3) is 0 Å². The van der Waals surface area contributed by atoms with Gasteiger partial charge in [0.25, 0.3) is 0 Å². The van der Waals surface area contributed by atoms with Gasteiger partial charge in [0.1, 0.15) is 18.4 Å². The maximum Gasteiger partial charge on any atom is 0.416 e. The minimum absolute atomic E-state index is 0.198. The van der Waals surface area contributed by atoms with Gasteiger partial charge in [0.05, 0.1) is 11.3 Å². The number of hydrogen-bond acceptors (Lipinski definition) is 3. The van der Waals surface area contributed by atoms with Gasteiger partial charge >= 0.3 is 6.18 Å².